The van der Waals surface area contributed by atoms with Gasteiger partial charge >= 0.3 is 0 Å². The van der Waals surface area contributed by atoms with E-state index in [0.29, 0.717) is 12.4 Å². The lowest BCUT2D eigenvalue weighted by Gasteiger charge is -2.34. The minimum atomic E-state index is -0.270. The van der Waals surface area contributed by atoms with Crippen molar-refractivity contribution in [2.75, 3.05) is 32.7 Å². The summed E-state index contributed by atoms with van der Waals surface area (Å²) in [5, 5.41) is 8.59. The quantitative estimate of drug-likeness (QED) is 0.462. The Morgan fingerprint density at radius 3 is 2.61 bits per heavy atom. The van der Waals surface area contributed by atoms with Crippen LogP contribution in [-0.2, 0) is 13.1 Å². The Labute approximate surface area is 178 Å². The molecule has 0 amide bonds. The summed E-state index contributed by atoms with van der Waals surface area (Å²) in [5.74, 6) is 0.357. The van der Waals surface area contributed by atoms with Gasteiger partial charge in [0.1, 0.15) is 11.5 Å². The molecule has 0 atom stereocenters. The summed E-state index contributed by atoms with van der Waals surface area (Å²) < 4.78 is 18.2. The first-order chi connectivity index (χ1) is 15.1. The van der Waals surface area contributed by atoms with E-state index < -0.39 is 0 Å². The van der Waals surface area contributed by atoms with E-state index in [2.05, 4.69) is 25.0 Å². The summed E-state index contributed by atoms with van der Waals surface area (Å²) in [4.78, 5) is 21.4. The SMILES string of the molecule is O=c1ccc(-n2cccn2)nn1CCN1CCN(Cc2cn3cc(F)ccc3n2)CC1. The largest absolute Gasteiger partial charge is 0.304 e. The minimum Gasteiger partial charge on any atom is -0.304 e. The van der Waals surface area contributed by atoms with Gasteiger partial charge in [-0.1, -0.05) is 0 Å². The van der Waals surface area contributed by atoms with Crippen molar-refractivity contribution < 1.29 is 4.39 Å². The molecule has 0 bridgehead atoms. The van der Waals surface area contributed by atoms with E-state index in [1.807, 2.05) is 12.3 Å². The van der Waals surface area contributed by atoms with E-state index in [0.717, 1.165) is 50.6 Å². The lowest BCUT2D eigenvalue weighted by atomic mass is 10.3. The second kappa shape index (κ2) is 8.40. The van der Waals surface area contributed by atoms with Crippen LogP contribution in [0, 0.1) is 5.82 Å². The highest BCUT2D eigenvalue weighted by molar-refractivity contribution is 5.39. The van der Waals surface area contributed by atoms with E-state index >= 15 is 0 Å². The van der Waals surface area contributed by atoms with Crippen LogP contribution in [0.25, 0.3) is 11.5 Å². The van der Waals surface area contributed by atoms with Crippen molar-refractivity contribution in [1.82, 2.24) is 38.7 Å². The number of piperazine rings is 1. The molecule has 1 aliphatic rings. The van der Waals surface area contributed by atoms with E-state index in [-0.39, 0.29) is 11.4 Å². The van der Waals surface area contributed by atoms with Crippen LogP contribution in [0.5, 0.6) is 0 Å². The van der Waals surface area contributed by atoms with Crippen molar-refractivity contribution in [1.29, 1.82) is 0 Å². The first-order valence-electron chi connectivity index (χ1n) is 10.3. The predicted molar refractivity (Wildman–Crippen MR) is 112 cm³/mol. The van der Waals surface area contributed by atoms with Gasteiger partial charge in [0.05, 0.1) is 12.2 Å². The fraction of sp³-hybridized carbons (Fsp3) is 0.333. The molecule has 160 valence electrons. The number of aromatic nitrogens is 6. The highest BCUT2D eigenvalue weighted by atomic mass is 19.1. The van der Waals surface area contributed by atoms with Gasteiger partial charge in [0.25, 0.3) is 5.56 Å². The molecule has 0 radical (unpaired) electrons. The molecule has 1 saturated heterocycles. The van der Waals surface area contributed by atoms with Crippen LogP contribution in [0.2, 0.25) is 0 Å². The molecule has 0 aliphatic carbocycles. The van der Waals surface area contributed by atoms with Crippen LogP contribution < -0.4 is 5.56 Å². The number of hydrogen-bond donors (Lipinski definition) is 0. The standard InChI is InChI=1S/C21H23FN8O/c22-17-2-3-19-24-18(16-28(19)14-17)15-27-10-8-26(9-11-27)12-13-30-21(31)5-4-20(25-30)29-7-1-6-23-29/h1-7,14,16H,8-13,15H2. The highest BCUT2D eigenvalue weighted by Crippen LogP contribution is 2.11. The Morgan fingerprint density at radius 1 is 0.968 bits per heavy atom. The van der Waals surface area contributed by atoms with Gasteiger partial charge in [-0.15, -0.1) is 5.10 Å². The number of hydrogen-bond acceptors (Lipinski definition) is 6. The molecule has 0 saturated carbocycles. The Kier molecular flexibility index (Phi) is 5.31. The summed E-state index contributed by atoms with van der Waals surface area (Å²) in [6, 6.07) is 8.14. The van der Waals surface area contributed by atoms with Crippen LogP contribution in [0.4, 0.5) is 4.39 Å². The first kappa shape index (κ1) is 19.6. The maximum absolute atomic E-state index is 13.4. The van der Waals surface area contributed by atoms with Gasteiger partial charge in [-0.25, -0.2) is 18.7 Å². The monoisotopic (exact) mass is 422 g/mol. The fourth-order valence-electron chi connectivity index (χ4n) is 3.85. The normalized spacial score (nSPS) is 15.6. The van der Waals surface area contributed by atoms with Crippen molar-refractivity contribution >= 4 is 5.65 Å². The Hall–Kier alpha value is -3.37. The molecule has 9 nitrogen and oxygen atoms in total. The number of pyridine rings is 1. The second-order valence-corrected chi connectivity index (χ2v) is 7.67. The molecule has 4 aromatic rings. The molecule has 1 fully saturated rings. The van der Waals surface area contributed by atoms with Crippen LogP contribution >= 0.6 is 0 Å². The first-order valence-corrected chi connectivity index (χ1v) is 10.3. The lowest BCUT2D eigenvalue weighted by molar-refractivity contribution is 0.122. The zero-order valence-electron chi connectivity index (χ0n) is 17.0. The Balaban J connectivity index is 1.15. The van der Waals surface area contributed by atoms with E-state index in [1.165, 1.54) is 23.0 Å². The van der Waals surface area contributed by atoms with E-state index in [1.54, 1.807) is 33.6 Å². The van der Waals surface area contributed by atoms with Crippen LogP contribution in [0.1, 0.15) is 5.69 Å². The summed E-state index contributed by atoms with van der Waals surface area (Å²) in [6.07, 6.45) is 6.81. The third-order valence-corrected chi connectivity index (χ3v) is 5.54. The van der Waals surface area contributed by atoms with Crippen LogP contribution in [0.15, 0.2) is 59.9 Å². The molecular formula is C21H23FN8O. The molecule has 0 aromatic carbocycles. The maximum Gasteiger partial charge on any atom is 0.266 e. The van der Waals surface area contributed by atoms with Crippen molar-refractivity contribution in [2.45, 2.75) is 13.1 Å². The Morgan fingerprint density at radius 2 is 1.81 bits per heavy atom. The van der Waals surface area contributed by atoms with Crippen LogP contribution in [0.3, 0.4) is 0 Å². The number of halogens is 1. The van der Waals surface area contributed by atoms with Gasteiger partial charge < -0.3 is 4.40 Å². The summed E-state index contributed by atoms with van der Waals surface area (Å²) in [5.41, 5.74) is 1.58. The van der Waals surface area contributed by atoms with Gasteiger partial charge in [0, 0.05) is 70.1 Å². The maximum atomic E-state index is 13.4. The summed E-state index contributed by atoms with van der Waals surface area (Å²) in [7, 11) is 0. The number of nitrogens with zero attached hydrogens (tertiary/aromatic N) is 8. The van der Waals surface area contributed by atoms with Gasteiger partial charge in [-0.3, -0.25) is 14.6 Å². The molecule has 4 aromatic heterocycles. The molecule has 5 rings (SSSR count). The third-order valence-electron chi connectivity index (χ3n) is 5.54. The summed E-state index contributed by atoms with van der Waals surface area (Å²) in [6.45, 7) is 5.69. The molecule has 0 unspecified atom stereocenters. The molecule has 5 heterocycles. The predicted octanol–water partition coefficient (Wildman–Crippen LogP) is 1.03. The average Bonchev–Trinajstić information content (AvgIpc) is 3.44. The van der Waals surface area contributed by atoms with E-state index in [9.17, 15) is 9.18 Å². The number of rotatable bonds is 6. The molecule has 1 aliphatic heterocycles. The second-order valence-electron chi connectivity index (χ2n) is 7.67. The van der Waals surface area contributed by atoms with Crippen molar-refractivity contribution in [3.63, 3.8) is 0 Å². The molecule has 10 heteroatoms. The minimum absolute atomic E-state index is 0.113. The van der Waals surface area contributed by atoms with E-state index in [4.69, 9.17) is 0 Å². The lowest BCUT2D eigenvalue weighted by Crippen LogP contribution is -2.47. The molecule has 31 heavy (non-hydrogen) atoms. The number of fused-ring (bicyclic) bond motifs is 1. The number of imidazole rings is 1. The van der Waals surface area contributed by atoms with Gasteiger partial charge in [0.2, 0.25) is 0 Å². The Bertz CT molecular complexity index is 1220. The zero-order valence-corrected chi connectivity index (χ0v) is 17.0. The van der Waals surface area contributed by atoms with Gasteiger partial charge in [-0.2, -0.15) is 5.10 Å². The highest BCUT2D eigenvalue weighted by Gasteiger charge is 2.18. The van der Waals surface area contributed by atoms with Crippen LogP contribution in [-0.4, -0.2) is 71.5 Å². The van der Waals surface area contributed by atoms with Crippen molar-refractivity contribution in [2.24, 2.45) is 0 Å². The van der Waals surface area contributed by atoms with Gasteiger partial charge in [-0.05, 0) is 24.3 Å². The molecule has 0 N–H and O–H groups in total. The smallest absolute Gasteiger partial charge is 0.266 e. The van der Waals surface area contributed by atoms with Crippen molar-refractivity contribution in [3.05, 3.63) is 77.0 Å². The molecule has 0 spiro atoms. The molecular weight excluding hydrogens is 399 g/mol. The fourth-order valence-corrected chi connectivity index (χ4v) is 3.85. The summed E-state index contributed by atoms with van der Waals surface area (Å²) >= 11 is 0. The third kappa shape index (κ3) is 4.39. The average molecular weight is 422 g/mol. The zero-order chi connectivity index (χ0) is 21.2. The topological polar surface area (TPSA) is 76.5 Å². The van der Waals surface area contributed by atoms with Gasteiger partial charge in [0.15, 0.2) is 5.82 Å². The van der Waals surface area contributed by atoms with Crippen molar-refractivity contribution in [3.8, 4) is 5.82 Å².